The number of nitrogens with one attached hydrogen (secondary N) is 1. The van der Waals surface area contributed by atoms with E-state index in [0.29, 0.717) is 32.1 Å². The first kappa shape index (κ1) is 15.7. The van der Waals surface area contributed by atoms with E-state index in [9.17, 15) is 4.79 Å². The molecule has 1 N–H and O–H groups in total. The standard InChI is InChI=1S/C14H23N5O2/c1-10-7-12(15-2)17-14(16-10)11-9-21-6-5-19(11)13(20)8-18(3)4/h7,11H,5-6,8-9H2,1-4H3,(H,15,16,17)/t11-/m1/s1. The summed E-state index contributed by atoms with van der Waals surface area (Å²) in [5.41, 5.74) is 0.870. The number of hydrogen-bond donors (Lipinski definition) is 1. The second-order valence-corrected chi connectivity index (χ2v) is 5.42. The monoisotopic (exact) mass is 293 g/mol. The maximum absolute atomic E-state index is 12.4. The summed E-state index contributed by atoms with van der Waals surface area (Å²) in [4.78, 5) is 25.0. The first-order valence-electron chi connectivity index (χ1n) is 7.06. The zero-order chi connectivity index (χ0) is 15.4. The van der Waals surface area contributed by atoms with Crippen molar-refractivity contribution in [2.45, 2.75) is 13.0 Å². The van der Waals surface area contributed by atoms with Gasteiger partial charge in [0.25, 0.3) is 0 Å². The summed E-state index contributed by atoms with van der Waals surface area (Å²) >= 11 is 0. The third kappa shape index (κ3) is 3.89. The van der Waals surface area contributed by atoms with E-state index in [1.165, 1.54) is 0 Å². The van der Waals surface area contributed by atoms with Crippen LogP contribution in [0.5, 0.6) is 0 Å². The summed E-state index contributed by atoms with van der Waals surface area (Å²) in [7, 11) is 5.59. The fraction of sp³-hybridized carbons (Fsp3) is 0.643. The number of aryl methyl sites for hydroxylation is 1. The maximum atomic E-state index is 12.4. The van der Waals surface area contributed by atoms with Crippen molar-refractivity contribution in [3.05, 3.63) is 17.6 Å². The predicted octanol–water partition coefficient (Wildman–Crippen LogP) is 0.288. The Hall–Kier alpha value is -1.73. The molecule has 1 saturated heterocycles. The number of morpholine rings is 1. The molecule has 0 spiro atoms. The van der Waals surface area contributed by atoms with Gasteiger partial charge in [-0.2, -0.15) is 0 Å². The number of rotatable bonds is 4. The van der Waals surface area contributed by atoms with Gasteiger partial charge in [0, 0.05) is 25.4 Å². The molecule has 21 heavy (non-hydrogen) atoms. The second-order valence-electron chi connectivity index (χ2n) is 5.42. The van der Waals surface area contributed by atoms with Crippen LogP contribution in [0.15, 0.2) is 6.07 Å². The Bertz CT molecular complexity index is 506. The quantitative estimate of drug-likeness (QED) is 0.860. The molecule has 1 aliphatic rings. The highest BCUT2D eigenvalue weighted by atomic mass is 16.5. The van der Waals surface area contributed by atoms with E-state index >= 15 is 0 Å². The maximum Gasteiger partial charge on any atom is 0.237 e. The van der Waals surface area contributed by atoms with Crippen LogP contribution in [-0.4, -0.2) is 73.1 Å². The number of carbonyl (C=O) groups is 1. The van der Waals surface area contributed by atoms with Crippen molar-refractivity contribution < 1.29 is 9.53 Å². The van der Waals surface area contributed by atoms with Crippen LogP contribution < -0.4 is 5.32 Å². The average molecular weight is 293 g/mol. The molecule has 116 valence electrons. The summed E-state index contributed by atoms with van der Waals surface area (Å²) in [5, 5.41) is 3.02. The lowest BCUT2D eigenvalue weighted by Crippen LogP contribution is -2.47. The summed E-state index contributed by atoms with van der Waals surface area (Å²) in [5.74, 6) is 1.46. The van der Waals surface area contributed by atoms with E-state index in [-0.39, 0.29) is 11.9 Å². The minimum Gasteiger partial charge on any atom is -0.377 e. The van der Waals surface area contributed by atoms with E-state index < -0.39 is 0 Å². The van der Waals surface area contributed by atoms with Crippen molar-refractivity contribution in [3.63, 3.8) is 0 Å². The number of nitrogens with zero attached hydrogens (tertiary/aromatic N) is 4. The predicted molar refractivity (Wildman–Crippen MR) is 80.1 cm³/mol. The Balaban J connectivity index is 2.26. The summed E-state index contributed by atoms with van der Waals surface area (Å²) in [6, 6.07) is 1.65. The van der Waals surface area contributed by atoms with E-state index in [1.54, 1.807) is 0 Å². The van der Waals surface area contributed by atoms with Crippen LogP contribution in [0, 0.1) is 6.92 Å². The highest BCUT2D eigenvalue weighted by Gasteiger charge is 2.31. The van der Waals surface area contributed by atoms with Crippen LogP contribution >= 0.6 is 0 Å². The largest absolute Gasteiger partial charge is 0.377 e. The number of ether oxygens (including phenoxy) is 1. The second kappa shape index (κ2) is 6.82. The highest BCUT2D eigenvalue weighted by Crippen LogP contribution is 2.23. The molecule has 0 aliphatic carbocycles. The van der Waals surface area contributed by atoms with Crippen molar-refractivity contribution in [2.24, 2.45) is 0 Å². The number of amides is 1. The Morgan fingerprint density at radius 3 is 2.95 bits per heavy atom. The van der Waals surface area contributed by atoms with Gasteiger partial charge in [-0.1, -0.05) is 0 Å². The molecule has 7 nitrogen and oxygen atoms in total. The number of hydrogen-bond acceptors (Lipinski definition) is 6. The highest BCUT2D eigenvalue weighted by molar-refractivity contribution is 5.78. The van der Waals surface area contributed by atoms with Crippen LogP contribution in [0.2, 0.25) is 0 Å². The Kier molecular flexibility index (Phi) is 5.08. The van der Waals surface area contributed by atoms with Gasteiger partial charge < -0.3 is 19.9 Å². The van der Waals surface area contributed by atoms with Gasteiger partial charge in [0.15, 0.2) is 5.82 Å². The molecule has 1 amide bonds. The summed E-state index contributed by atoms with van der Waals surface area (Å²) < 4.78 is 5.53. The van der Waals surface area contributed by atoms with Crippen LogP contribution in [-0.2, 0) is 9.53 Å². The summed E-state index contributed by atoms with van der Waals surface area (Å²) in [6.45, 7) is 3.86. The Morgan fingerprint density at radius 1 is 1.52 bits per heavy atom. The molecular weight excluding hydrogens is 270 g/mol. The fourth-order valence-electron chi connectivity index (χ4n) is 2.35. The first-order valence-corrected chi connectivity index (χ1v) is 7.06. The third-order valence-electron chi connectivity index (χ3n) is 3.33. The molecule has 0 saturated carbocycles. The minimum absolute atomic E-state index is 0.0735. The molecule has 1 aromatic heterocycles. The van der Waals surface area contributed by atoms with Crippen molar-refractivity contribution in [1.29, 1.82) is 0 Å². The number of anilines is 1. The van der Waals surface area contributed by atoms with Crippen LogP contribution in [0.1, 0.15) is 17.6 Å². The van der Waals surface area contributed by atoms with E-state index in [1.807, 2.05) is 43.9 Å². The Morgan fingerprint density at radius 2 is 2.29 bits per heavy atom. The zero-order valence-corrected chi connectivity index (χ0v) is 13.1. The van der Waals surface area contributed by atoms with Crippen molar-refractivity contribution in [3.8, 4) is 0 Å². The molecule has 2 heterocycles. The molecule has 0 aromatic carbocycles. The third-order valence-corrected chi connectivity index (χ3v) is 3.33. The summed E-state index contributed by atoms with van der Waals surface area (Å²) in [6.07, 6.45) is 0. The van der Waals surface area contributed by atoms with Gasteiger partial charge in [-0.25, -0.2) is 9.97 Å². The van der Waals surface area contributed by atoms with Crippen LogP contribution in [0.25, 0.3) is 0 Å². The van der Waals surface area contributed by atoms with Gasteiger partial charge in [-0.15, -0.1) is 0 Å². The minimum atomic E-state index is -0.224. The molecule has 7 heteroatoms. The number of aromatic nitrogens is 2. The van der Waals surface area contributed by atoms with Gasteiger partial charge in [0.1, 0.15) is 11.9 Å². The molecule has 0 bridgehead atoms. The van der Waals surface area contributed by atoms with Gasteiger partial charge >= 0.3 is 0 Å². The topological polar surface area (TPSA) is 70.6 Å². The van der Waals surface area contributed by atoms with Crippen LogP contribution in [0.4, 0.5) is 5.82 Å². The van der Waals surface area contributed by atoms with Crippen molar-refractivity contribution >= 4 is 11.7 Å². The van der Waals surface area contributed by atoms with Crippen LogP contribution in [0.3, 0.4) is 0 Å². The molecule has 1 aromatic rings. The molecule has 2 rings (SSSR count). The van der Waals surface area contributed by atoms with E-state index in [4.69, 9.17) is 4.74 Å². The van der Waals surface area contributed by atoms with Crippen molar-refractivity contribution in [1.82, 2.24) is 19.8 Å². The zero-order valence-electron chi connectivity index (χ0n) is 13.1. The van der Waals surface area contributed by atoms with E-state index in [2.05, 4.69) is 15.3 Å². The molecule has 0 unspecified atom stereocenters. The van der Waals surface area contributed by atoms with Gasteiger partial charge in [0.2, 0.25) is 5.91 Å². The lowest BCUT2D eigenvalue weighted by molar-refractivity contribution is -0.141. The molecule has 1 atom stereocenters. The number of likely N-dealkylation sites (N-methyl/N-ethyl adjacent to an activating group) is 1. The molecular formula is C14H23N5O2. The smallest absolute Gasteiger partial charge is 0.237 e. The van der Waals surface area contributed by atoms with Gasteiger partial charge in [-0.3, -0.25) is 4.79 Å². The SMILES string of the molecule is CNc1cc(C)nc([C@H]2COCCN2C(=O)CN(C)C)n1. The van der Waals surface area contributed by atoms with Gasteiger partial charge in [-0.05, 0) is 21.0 Å². The average Bonchev–Trinajstić information content (AvgIpc) is 2.45. The van der Waals surface area contributed by atoms with Crippen molar-refractivity contribution in [2.75, 3.05) is 52.8 Å². The molecule has 1 aliphatic heterocycles. The lowest BCUT2D eigenvalue weighted by Gasteiger charge is -2.35. The first-order chi connectivity index (χ1) is 10.0. The van der Waals surface area contributed by atoms with E-state index in [0.717, 1.165) is 11.5 Å². The lowest BCUT2D eigenvalue weighted by atomic mass is 10.2. The molecule has 0 radical (unpaired) electrons. The fourth-order valence-corrected chi connectivity index (χ4v) is 2.35. The Labute approximate surface area is 125 Å². The van der Waals surface area contributed by atoms with Gasteiger partial charge in [0.05, 0.1) is 19.8 Å². The molecule has 1 fully saturated rings. The normalized spacial score (nSPS) is 18.9. The number of carbonyl (C=O) groups excluding carboxylic acids is 1.